The van der Waals surface area contributed by atoms with Crippen molar-refractivity contribution in [2.45, 2.75) is 76.9 Å². The molecule has 1 aromatic carbocycles. The van der Waals surface area contributed by atoms with Gasteiger partial charge >= 0.3 is 11.9 Å². The molecule has 3 aliphatic rings. The Bertz CT molecular complexity index is 1020. The van der Waals surface area contributed by atoms with E-state index in [0.717, 1.165) is 49.9 Å². The molecule has 11 heteroatoms. The van der Waals surface area contributed by atoms with Crippen LogP contribution in [0.1, 0.15) is 63.9 Å². The molecule has 1 aliphatic carbocycles. The Morgan fingerprint density at radius 2 is 1.78 bits per heavy atom. The van der Waals surface area contributed by atoms with Crippen LogP contribution in [0, 0.1) is 5.92 Å². The van der Waals surface area contributed by atoms with E-state index in [4.69, 9.17) is 4.74 Å². The maximum absolute atomic E-state index is 13.5. The Morgan fingerprint density at radius 1 is 1.05 bits per heavy atom. The number of amides is 3. The molecule has 0 unspecified atom stereocenters. The van der Waals surface area contributed by atoms with Gasteiger partial charge in [-0.2, -0.15) is 11.8 Å². The van der Waals surface area contributed by atoms with Crippen LogP contribution >= 0.6 is 23.5 Å². The number of hydrogen-bond acceptors (Lipinski definition) is 8. The van der Waals surface area contributed by atoms with E-state index in [9.17, 15) is 19.2 Å². The monoisotopic (exact) mass is 604 g/mol. The van der Waals surface area contributed by atoms with Gasteiger partial charge in [0.2, 0.25) is 5.91 Å². The zero-order valence-electron chi connectivity index (χ0n) is 24.1. The van der Waals surface area contributed by atoms with Gasteiger partial charge < -0.3 is 9.64 Å². The highest BCUT2D eigenvalue weighted by atomic mass is 32.2. The lowest BCUT2D eigenvalue weighted by molar-refractivity contribution is -0.161. The summed E-state index contributed by atoms with van der Waals surface area (Å²) in [7, 11) is 0. The maximum Gasteiger partial charge on any atom is 0.397 e. The van der Waals surface area contributed by atoms with Crippen LogP contribution in [0.2, 0.25) is 0 Å². The van der Waals surface area contributed by atoms with E-state index < -0.39 is 23.8 Å². The number of hydrazine groups is 1. The molecule has 0 spiro atoms. The molecule has 3 amide bonds. The Hall–Kier alpha value is -2.24. The van der Waals surface area contributed by atoms with Crippen LogP contribution in [-0.2, 0) is 30.5 Å². The SMILES string of the molecule is CCOC(=O)C(=O)N1CSC[C@H]1C(=O)NN(C(=O)CCSCC1CCCCC1)C1CCN(Cc2ccccc2)CC1. The lowest BCUT2D eigenvalue weighted by Gasteiger charge is -2.39. The Labute approximate surface area is 252 Å². The van der Waals surface area contributed by atoms with Crippen molar-refractivity contribution in [3.63, 3.8) is 0 Å². The van der Waals surface area contributed by atoms with Crippen LogP contribution < -0.4 is 5.43 Å². The number of nitrogens with zero attached hydrogens (tertiary/aromatic N) is 3. The molecule has 1 N–H and O–H groups in total. The standard InChI is InChI=1S/C30H44N4O5S2/c1-2-39-30(38)29(37)33-22-41-21-26(33)28(36)31-34(27(35)15-18-40-20-24-11-7-4-8-12-24)25-13-16-32(17-14-25)19-23-9-5-3-6-10-23/h3,5-6,9-10,24-26H,2,4,7-8,11-22H2,1H3,(H,31,36)/t26-/m0/s1. The van der Waals surface area contributed by atoms with Gasteiger partial charge in [-0.05, 0) is 49.8 Å². The molecule has 0 radical (unpaired) electrons. The second-order valence-corrected chi connectivity index (χ2v) is 13.2. The summed E-state index contributed by atoms with van der Waals surface area (Å²) in [4.78, 5) is 55.3. The molecule has 226 valence electrons. The Kier molecular flexibility index (Phi) is 12.7. The van der Waals surface area contributed by atoms with Crippen molar-refractivity contribution in [1.82, 2.24) is 20.2 Å². The topological polar surface area (TPSA) is 99.3 Å². The summed E-state index contributed by atoms with van der Waals surface area (Å²) in [6, 6.07) is 9.39. The molecule has 1 atom stereocenters. The van der Waals surface area contributed by atoms with Crippen molar-refractivity contribution in [2.24, 2.45) is 5.92 Å². The molecule has 0 aromatic heterocycles. The predicted octanol–water partition coefficient (Wildman–Crippen LogP) is 3.68. The van der Waals surface area contributed by atoms with Gasteiger partial charge in [-0.25, -0.2) is 4.79 Å². The molecule has 4 rings (SSSR count). The van der Waals surface area contributed by atoms with Crippen LogP contribution in [0.15, 0.2) is 30.3 Å². The first kappa shape index (κ1) is 31.7. The summed E-state index contributed by atoms with van der Waals surface area (Å²) in [5.74, 6) is 0.863. The third-order valence-corrected chi connectivity index (χ3v) is 10.3. The first-order chi connectivity index (χ1) is 20.0. The van der Waals surface area contributed by atoms with Crippen LogP contribution in [-0.4, -0.2) is 93.4 Å². The van der Waals surface area contributed by atoms with Gasteiger partial charge in [-0.1, -0.05) is 49.6 Å². The predicted molar refractivity (Wildman–Crippen MR) is 163 cm³/mol. The minimum atomic E-state index is -0.957. The number of carbonyl (C=O) groups is 4. The second-order valence-electron chi connectivity index (χ2n) is 11.1. The summed E-state index contributed by atoms with van der Waals surface area (Å²) in [6.07, 6.45) is 8.37. The summed E-state index contributed by atoms with van der Waals surface area (Å²) in [5.41, 5.74) is 4.15. The summed E-state index contributed by atoms with van der Waals surface area (Å²) >= 11 is 3.24. The van der Waals surface area contributed by atoms with E-state index in [2.05, 4.69) is 22.5 Å². The first-order valence-corrected chi connectivity index (χ1v) is 17.3. The Balaban J connectivity index is 1.36. The number of esters is 1. The number of likely N-dealkylation sites (tertiary alicyclic amines) is 1. The highest BCUT2D eigenvalue weighted by Gasteiger charge is 2.40. The fourth-order valence-electron chi connectivity index (χ4n) is 5.78. The number of rotatable bonds is 10. The number of ether oxygens (including phenoxy) is 1. The van der Waals surface area contributed by atoms with Crippen LogP contribution in [0.25, 0.3) is 0 Å². The summed E-state index contributed by atoms with van der Waals surface area (Å²) in [6.45, 7) is 4.23. The van der Waals surface area contributed by atoms with Crippen molar-refractivity contribution in [2.75, 3.05) is 42.8 Å². The quantitative estimate of drug-likeness (QED) is 0.187. The minimum absolute atomic E-state index is 0.0897. The van der Waals surface area contributed by atoms with Gasteiger partial charge in [0.1, 0.15) is 6.04 Å². The summed E-state index contributed by atoms with van der Waals surface area (Å²) < 4.78 is 4.87. The molecule has 2 aliphatic heterocycles. The zero-order valence-corrected chi connectivity index (χ0v) is 25.8. The number of benzene rings is 1. The van der Waals surface area contributed by atoms with Crippen molar-refractivity contribution in [3.8, 4) is 0 Å². The van der Waals surface area contributed by atoms with E-state index in [1.54, 1.807) is 11.9 Å². The molecule has 1 aromatic rings. The highest BCUT2D eigenvalue weighted by Crippen LogP contribution is 2.27. The van der Waals surface area contributed by atoms with E-state index in [1.165, 1.54) is 54.3 Å². The van der Waals surface area contributed by atoms with Crippen molar-refractivity contribution in [1.29, 1.82) is 0 Å². The largest absolute Gasteiger partial charge is 0.459 e. The zero-order chi connectivity index (χ0) is 29.0. The maximum atomic E-state index is 13.5. The molecule has 0 bridgehead atoms. The molecule has 2 heterocycles. The van der Waals surface area contributed by atoms with Gasteiger partial charge in [0.25, 0.3) is 5.91 Å². The van der Waals surface area contributed by atoms with Crippen molar-refractivity contribution in [3.05, 3.63) is 35.9 Å². The average Bonchev–Trinajstić information content (AvgIpc) is 3.49. The van der Waals surface area contributed by atoms with Gasteiger partial charge in [0.15, 0.2) is 0 Å². The minimum Gasteiger partial charge on any atom is -0.459 e. The number of carbonyl (C=O) groups excluding carboxylic acids is 4. The Morgan fingerprint density at radius 3 is 2.49 bits per heavy atom. The van der Waals surface area contributed by atoms with E-state index in [0.29, 0.717) is 12.2 Å². The first-order valence-electron chi connectivity index (χ1n) is 15.0. The van der Waals surface area contributed by atoms with E-state index >= 15 is 0 Å². The number of thioether (sulfide) groups is 2. The highest BCUT2D eigenvalue weighted by molar-refractivity contribution is 7.99. The summed E-state index contributed by atoms with van der Waals surface area (Å²) in [5, 5.41) is 1.54. The van der Waals surface area contributed by atoms with Gasteiger partial charge in [-0.15, -0.1) is 11.8 Å². The molecule has 2 saturated heterocycles. The molecule has 9 nitrogen and oxygen atoms in total. The number of hydrogen-bond donors (Lipinski definition) is 1. The van der Waals surface area contributed by atoms with Gasteiger partial charge in [0.05, 0.1) is 18.5 Å². The fraction of sp³-hybridized carbons (Fsp3) is 0.667. The van der Waals surface area contributed by atoms with Gasteiger partial charge in [-0.3, -0.25) is 29.7 Å². The smallest absolute Gasteiger partial charge is 0.397 e. The average molecular weight is 605 g/mol. The van der Waals surface area contributed by atoms with Crippen LogP contribution in [0.5, 0.6) is 0 Å². The molecular weight excluding hydrogens is 560 g/mol. The van der Waals surface area contributed by atoms with Crippen LogP contribution in [0.4, 0.5) is 0 Å². The molecule has 1 saturated carbocycles. The molecule has 41 heavy (non-hydrogen) atoms. The normalized spacial score (nSPS) is 20.5. The molecular formula is C30H44N4O5S2. The van der Waals surface area contributed by atoms with E-state index in [1.807, 2.05) is 30.0 Å². The fourth-order valence-corrected chi connectivity index (χ4v) is 8.09. The van der Waals surface area contributed by atoms with E-state index in [-0.39, 0.29) is 24.4 Å². The lowest BCUT2D eigenvalue weighted by Crippen LogP contribution is -2.59. The second kappa shape index (κ2) is 16.4. The number of piperidine rings is 1. The van der Waals surface area contributed by atoms with Crippen molar-refractivity contribution < 1.29 is 23.9 Å². The third-order valence-electron chi connectivity index (χ3n) is 8.11. The lowest BCUT2D eigenvalue weighted by atomic mass is 9.91. The van der Waals surface area contributed by atoms with Crippen LogP contribution in [0.3, 0.4) is 0 Å². The number of nitrogens with one attached hydrogen (secondary N) is 1. The van der Waals surface area contributed by atoms with Crippen molar-refractivity contribution >= 4 is 47.2 Å². The molecule has 3 fully saturated rings. The third kappa shape index (κ3) is 9.38. The van der Waals surface area contributed by atoms with Gasteiger partial charge in [0, 0.05) is 37.6 Å².